The Morgan fingerprint density at radius 3 is 2.67 bits per heavy atom. The van der Waals surface area contributed by atoms with Gasteiger partial charge in [-0.05, 0) is 0 Å². The van der Waals surface area contributed by atoms with E-state index in [0.29, 0.717) is 0 Å². The lowest BCUT2D eigenvalue weighted by atomic mass is 9.86. The molecule has 1 unspecified atom stereocenters. The fourth-order valence-corrected chi connectivity index (χ4v) is 3.93. The van der Waals surface area contributed by atoms with E-state index < -0.39 is 59.1 Å². The van der Waals surface area contributed by atoms with Gasteiger partial charge >= 0.3 is 16.4 Å². The molecule has 136 valence electrons. The van der Waals surface area contributed by atoms with Gasteiger partial charge in [-0.3, -0.25) is 15.0 Å². The Kier molecular flexibility index (Phi) is 3.39. The Morgan fingerprint density at radius 2 is 2.12 bits per heavy atom. The molecule has 3 heterocycles. The molecule has 0 radical (unpaired) electrons. The summed E-state index contributed by atoms with van der Waals surface area (Å²) in [7, 11) is -5.05. The smallest absolute Gasteiger partial charge is 0.397 e. The van der Waals surface area contributed by atoms with E-state index in [1.807, 2.05) is 0 Å². The number of guanidine groups is 2. The highest BCUT2D eigenvalue weighted by molar-refractivity contribution is 7.80. The van der Waals surface area contributed by atoms with Gasteiger partial charge in [0.1, 0.15) is 12.6 Å². The van der Waals surface area contributed by atoms with Gasteiger partial charge in [0.15, 0.2) is 18.1 Å². The number of aliphatic hydroxyl groups excluding tert-OH is 1. The second kappa shape index (κ2) is 4.80. The van der Waals surface area contributed by atoms with Crippen LogP contribution in [0.3, 0.4) is 0 Å². The Hall–Kier alpha value is -1.91. The second-order valence-corrected chi connectivity index (χ2v) is 6.68. The van der Waals surface area contributed by atoms with E-state index in [4.69, 9.17) is 16.0 Å². The molecule has 14 nitrogen and oxygen atoms in total. The largest absolute Gasteiger partial charge is 0.744 e. The molecular formula is C9H16N6O8S. The maximum atomic E-state index is 12.2. The summed E-state index contributed by atoms with van der Waals surface area (Å²) in [5.74, 6) is -3.83. The van der Waals surface area contributed by atoms with E-state index in [9.17, 15) is 28.9 Å². The molecule has 1 spiro atoms. The van der Waals surface area contributed by atoms with Gasteiger partial charge in [0.05, 0.1) is 6.61 Å². The minimum absolute atomic E-state index is 0.207. The topological polar surface area (TPSA) is 230 Å². The quantitative estimate of drug-likeness (QED) is 0.107. The van der Waals surface area contributed by atoms with Crippen LogP contribution in [0.25, 0.3) is 0 Å². The molecule has 0 bridgehead atoms. The number of hydroxylamine groups is 1. The average Bonchev–Trinajstić information content (AvgIpc) is 2.89. The van der Waals surface area contributed by atoms with Crippen molar-refractivity contribution in [3.05, 3.63) is 5.21 Å². The number of aliphatic hydroxyl groups is 3. The van der Waals surface area contributed by atoms with E-state index in [1.54, 1.807) is 0 Å². The zero-order valence-corrected chi connectivity index (χ0v) is 12.8. The maximum absolute atomic E-state index is 12.2. The summed E-state index contributed by atoms with van der Waals surface area (Å²) in [5.41, 5.74) is 9.21. The van der Waals surface area contributed by atoms with E-state index in [2.05, 4.69) is 14.5 Å². The lowest BCUT2D eigenvalue weighted by Crippen LogP contribution is -2.79. The molecule has 9 N–H and O–H groups in total. The third-order valence-electron chi connectivity index (χ3n) is 4.40. The van der Waals surface area contributed by atoms with Crippen LogP contribution in [0, 0.1) is 5.21 Å². The Morgan fingerprint density at radius 1 is 1.50 bits per heavy atom. The van der Waals surface area contributed by atoms with Crippen LogP contribution in [0.2, 0.25) is 0 Å². The highest BCUT2D eigenvalue weighted by Gasteiger charge is 2.78. The zero-order chi connectivity index (χ0) is 18.1. The number of rotatable bonds is 3. The molecule has 1 saturated heterocycles. The molecular weight excluding hydrogens is 352 g/mol. The first-order valence-electron chi connectivity index (χ1n) is 6.65. The molecule has 24 heavy (non-hydrogen) atoms. The van der Waals surface area contributed by atoms with Gasteiger partial charge in [-0.2, -0.15) is 8.42 Å². The molecule has 15 heteroatoms. The van der Waals surface area contributed by atoms with Crippen molar-refractivity contribution < 1.29 is 37.2 Å². The predicted octanol–water partition coefficient (Wildman–Crippen LogP) is -5.65. The molecule has 3 aliphatic rings. The lowest BCUT2D eigenvalue weighted by Gasteiger charge is -2.47. The maximum Gasteiger partial charge on any atom is 0.397 e. The van der Waals surface area contributed by atoms with Crippen LogP contribution in [0.1, 0.15) is 0 Å². The normalized spacial score (nSPS) is 37.8. The van der Waals surface area contributed by atoms with Crippen molar-refractivity contribution in [1.82, 2.24) is 10.2 Å². The van der Waals surface area contributed by atoms with Gasteiger partial charge in [-0.1, -0.05) is 0 Å². The molecule has 0 aromatic rings. The first-order valence-corrected chi connectivity index (χ1v) is 8.01. The van der Waals surface area contributed by atoms with E-state index >= 15 is 0 Å². The van der Waals surface area contributed by atoms with E-state index in [-0.39, 0.29) is 10.7 Å². The Labute approximate surface area is 135 Å². The fraction of sp³-hybridized carbons (Fsp3) is 0.778. The van der Waals surface area contributed by atoms with E-state index in [0.717, 1.165) is 4.90 Å². The van der Waals surface area contributed by atoms with Crippen molar-refractivity contribution in [3.63, 3.8) is 0 Å². The molecule has 0 aliphatic carbocycles. The van der Waals surface area contributed by atoms with Gasteiger partial charge in [0.2, 0.25) is 5.66 Å². The molecule has 0 aromatic carbocycles. The SMILES string of the molecule is NC1=N[C@H]2[C@H](CO)[N+]([O-])=C(N)N3CC(OS(=O)(=O)O)C(O)(O)[C@]23N1. The number of hydrogen-bond donors (Lipinski definition) is 7. The van der Waals surface area contributed by atoms with Crippen LogP contribution >= 0.6 is 0 Å². The third kappa shape index (κ3) is 1.96. The van der Waals surface area contributed by atoms with Crippen LogP contribution in [0.4, 0.5) is 0 Å². The molecule has 3 rings (SSSR count). The molecule has 0 aromatic heterocycles. The summed E-state index contributed by atoms with van der Waals surface area (Å²) < 4.78 is 35.3. The van der Waals surface area contributed by atoms with Crippen molar-refractivity contribution in [2.75, 3.05) is 13.2 Å². The van der Waals surface area contributed by atoms with Crippen molar-refractivity contribution in [3.8, 4) is 0 Å². The van der Waals surface area contributed by atoms with Crippen LogP contribution in [0.15, 0.2) is 4.99 Å². The second-order valence-electron chi connectivity index (χ2n) is 5.63. The number of nitrogens with two attached hydrogens (primary N) is 2. The first-order chi connectivity index (χ1) is 11.0. The highest BCUT2D eigenvalue weighted by atomic mass is 32.3. The predicted molar refractivity (Wildman–Crippen MR) is 75.3 cm³/mol. The summed E-state index contributed by atoms with van der Waals surface area (Å²) in [4.78, 5) is 4.82. The average molecular weight is 368 g/mol. The summed E-state index contributed by atoms with van der Waals surface area (Å²) in [6.07, 6.45) is -1.92. The van der Waals surface area contributed by atoms with Crippen LogP contribution in [-0.4, -0.2) is 92.6 Å². The van der Waals surface area contributed by atoms with Gasteiger partial charge in [0, 0.05) is 0 Å². The Balaban J connectivity index is 2.16. The van der Waals surface area contributed by atoms with Crippen molar-refractivity contribution in [2.24, 2.45) is 16.5 Å². The van der Waals surface area contributed by atoms with Crippen molar-refractivity contribution >= 4 is 22.3 Å². The monoisotopic (exact) mass is 368 g/mol. The highest BCUT2D eigenvalue weighted by Crippen LogP contribution is 2.45. The minimum atomic E-state index is -5.05. The minimum Gasteiger partial charge on any atom is -0.744 e. The van der Waals surface area contributed by atoms with Crippen LogP contribution in [0.5, 0.6) is 0 Å². The first kappa shape index (κ1) is 16.9. The van der Waals surface area contributed by atoms with Crippen molar-refractivity contribution in [2.45, 2.75) is 29.6 Å². The number of hydrogen-bond acceptors (Lipinski definition) is 12. The summed E-state index contributed by atoms with van der Waals surface area (Å²) in [6.45, 7) is -1.34. The summed E-state index contributed by atoms with van der Waals surface area (Å²) in [6, 6.07) is -2.64. The molecule has 3 aliphatic heterocycles. The lowest BCUT2D eigenvalue weighted by molar-refractivity contribution is -0.530. The molecule has 0 amide bonds. The van der Waals surface area contributed by atoms with Crippen LogP contribution < -0.4 is 16.8 Å². The number of nitrogens with zero attached hydrogens (tertiary/aromatic N) is 3. The van der Waals surface area contributed by atoms with Gasteiger partial charge < -0.3 is 31.6 Å². The standard InChI is InChI=1S/C9H16N6O8S/c10-6-12-5-3(2-16)15(19)7(11)14-1-4(23-24(20,21)22)9(17,18)8(5,14)13-6/h3-5,16-18H,1-2,11H2,(H3,10,12,13)(H,20,21,22)/t3-,4?,5-,8-/m0/s1. The zero-order valence-electron chi connectivity index (χ0n) is 12.0. The van der Waals surface area contributed by atoms with Gasteiger partial charge in [-0.25, -0.2) is 14.1 Å². The molecule has 1 fully saturated rings. The summed E-state index contributed by atoms with van der Waals surface area (Å²) >= 11 is 0. The number of aliphatic imine (C=N–C) groups is 1. The number of nitrogens with one attached hydrogen (secondary N) is 1. The fourth-order valence-electron chi connectivity index (χ4n) is 3.44. The van der Waals surface area contributed by atoms with Crippen LogP contribution in [-0.2, 0) is 14.6 Å². The third-order valence-corrected chi connectivity index (χ3v) is 4.88. The molecule has 4 atom stereocenters. The summed E-state index contributed by atoms with van der Waals surface area (Å²) in [5, 5.41) is 45.2. The van der Waals surface area contributed by atoms with Gasteiger partial charge in [0.25, 0.3) is 5.79 Å². The Bertz CT molecular complexity index is 736. The molecule has 0 saturated carbocycles. The van der Waals surface area contributed by atoms with Crippen molar-refractivity contribution in [1.29, 1.82) is 0 Å². The van der Waals surface area contributed by atoms with Gasteiger partial charge in [-0.15, -0.1) is 0 Å². The van der Waals surface area contributed by atoms with E-state index in [1.165, 1.54) is 0 Å².